The Morgan fingerprint density at radius 1 is 0.722 bits per heavy atom. The van der Waals surface area contributed by atoms with E-state index in [2.05, 4.69) is 60.6 Å². The minimum absolute atomic E-state index is 0.0867. The van der Waals surface area contributed by atoms with Gasteiger partial charge >= 0.3 is 12.2 Å². The molecule has 0 saturated carbocycles. The highest BCUT2D eigenvalue weighted by molar-refractivity contribution is 7.93. The minimum atomic E-state index is -3.70. The topological polar surface area (TPSA) is 276 Å². The summed E-state index contributed by atoms with van der Waals surface area (Å²) >= 11 is 0. The Morgan fingerprint density at radius 3 is 1.53 bits per heavy atom. The molecule has 19 nitrogen and oxygen atoms in total. The second-order valence-electron chi connectivity index (χ2n) is 18.2. The van der Waals surface area contributed by atoms with Gasteiger partial charge in [0.05, 0.1) is 13.2 Å². The lowest BCUT2D eigenvalue weighted by Crippen LogP contribution is -2.52. The van der Waals surface area contributed by atoms with Crippen LogP contribution in [0.25, 0.3) is 11.1 Å². The van der Waals surface area contributed by atoms with Crippen molar-refractivity contribution >= 4 is 54.8 Å². The van der Waals surface area contributed by atoms with E-state index >= 15 is 0 Å². The molecular weight excluding hydrogens is 969 g/mol. The van der Waals surface area contributed by atoms with Crippen LogP contribution in [0, 0.1) is 23.7 Å². The van der Waals surface area contributed by atoms with Crippen molar-refractivity contribution in [3.05, 3.63) is 82.9 Å². The zero-order valence-corrected chi connectivity index (χ0v) is 43.3. The highest BCUT2D eigenvalue weighted by atomic mass is 32.2. The Balaban J connectivity index is 0.000000317. The molecule has 5 rings (SSSR count). The van der Waals surface area contributed by atoms with Gasteiger partial charge in [-0.2, -0.15) is 0 Å². The van der Waals surface area contributed by atoms with Gasteiger partial charge in [-0.1, -0.05) is 60.1 Å². The van der Waals surface area contributed by atoms with E-state index in [1.807, 2.05) is 48.5 Å². The highest BCUT2D eigenvalue weighted by Gasteiger charge is 2.45. The van der Waals surface area contributed by atoms with Gasteiger partial charge in [0.2, 0.25) is 0 Å². The lowest BCUT2D eigenvalue weighted by atomic mass is 9.98. The van der Waals surface area contributed by atoms with E-state index in [0.29, 0.717) is 64.9 Å². The van der Waals surface area contributed by atoms with Gasteiger partial charge in [-0.05, 0) is 112 Å². The summed E-state index contributed by atoms with van der Waals surface area (Å²) in [6, 6.07) is 16.0. The number of nitrogens with zero attached hydrogens (tertiary/aromatic N) is 2. The minimum Gasteiger partial charge on any atom is -0.450 e. The quantitative estimate of drug-likeness (QED) is 0.0530. The van der Waals surface area contributed by atoms with Gasteiger partial charge in [-0.15, -0.1) is 0 Å². The van der Waals surface area contributed by atoms with Gasteiger partial charge in [-0.25, -0.2) is 42.2 Å². The van der Waals surface area contributed by atoms with Crippen LogP contribution in [-0.4, -0.2) is 143 Å². The molecule has 72 heavy (non-hydrogen) atoms. The predicted molar refractivity (Wildman–Crippen MR) is 273 cm³/mol. The predicted octanol–water partition coefficient (Wildman–Crippen LogP) is 4.47. The van der Waals surface area contributed by atoms with Crippen LogP contribution >= 0.6 is 0 Å². The summed E-state index contributed by atoms with van der Waals surface area (Å²) in [7, 11) is -7.40. The standard InChI is InChI=1S/C28H39N3O7S.C23H31N3O6S/c1-28(39(2,34)35,26(32)30-38-25-9-5-7-20-36-25)16-19-31-17-14-24(15-18-31)23-12-10-22(11-13-23)8-4-3-6-21-37-27(29)33;1-23(21(27)25-29,33(2,30)31)13-16-26-14-11-20(12-15-26)19-9-7-18(8-10-19)6-4-3-5-17-32-22(24)28/h10-14,25H,3,5-7,9,15-21H2,1-2H3,(H2,29,33)(H,30,32);7-11,29H,3,5,12-17H2,1-2H3,(H2,24,28)(H,25,27). The van der Waals surface area contributed by atoms with E-state index in [-0.39, 0.29) is 26.1 Å². The average Bonchev–Trinajstić information content (AvgIpc) is 3.36. The van der Waals surface area contributed by atoms with E-state index in [1.165, 1.54) is 30.5 Å². The number of rotatable bonds is 20. The normalized spacial score (nSPS) is 18.0. The molecule has 7 N–H and O–H groups in total. The molecule has 3 unspecified atom stereocenters. The number of sulfone groups is 2. The van der Waals surface area contributed by atoms with Gasteiger partial charge in [0, 0.05) is 88.8 Å². The number of hydroxylamine groups is 2. The first kappa shape index (κ1) is 58.8. The molecule has 1 saturated heterocycles. The molecule has 0 spiro atoms. The second-order valence-corrected chi connectivity index (χ2v) is 23.0. The summed E-state index contributed by atoms with van der Waals surface area (Å²) in [5, 5.41) is 8.94. The summed E-state index contributed by atoms with van der Waals surface area (Å²) < 4.78 is 60.9. The van der Waals surface area contributed by atoms with Crippen molar-refractivity contribution in [3.8, 4) is 23.7 Å². The van der Waals surface area contributed by atoms with Gasteiger partial charge in [0.1, 0.15) is 0 Å². The average molecular weight is 1040 g/mol. The summed E-state index contributed by atoms with van der Waals surface area (Å²) in [4.78, 5) is 55.5. The summed E-state index contributed by atoms with van der Waals surface area (Å²) in [5.74, 6) is 10.7. The third-order valence-electron chi connectivity index (χ3n) is 12.9. The molecule has 394 valence electrons. The molecule has 0 bridgehead atoms. The van der Waals surface area contributed by atoms with Crippen molar-refractivity contribution in [2.45, 2.75) is 100 Å². The monoisotopic (exact) mass is 1040 g/mol. The molecule has 0 radical (unpaired) electrons. The number of hydrogen-bond acceptors (Lipinski definition) is 15. The van der Waals surface area contributed by atoms with Crippen LogP contribution in [-0.2, 0) is 48.3 Å². The fourth-order valence-corrected chi connectivity index (χ4v) is 9.40. The smallest absolute Gasteiger partial charge is 0.404 e. The van der Waals surface area contributed by atoms with Crippen molar-refractivity contribution in [2.24, 2.45) is 11.5 Å². The molecule has 2 aromatic rings. The van der Waals surface area contributed by atoms with E-state index in [9.17, 15) is 36.0 Å². The van der Waals surface area contributed by atoms with Gasteiger partial charge in [-0.3, -0.25) is 24.6 Å². The second kappa shape index (κ2) is 28.5. The molecule has 0 aliphatic carbocycles. The molecule has 1 fully saturated rings. The van der Waals surface area contributed by atoms with Crippen LogP contribution < -0.4 is 22.4 Å². The first-order valence-corrected chi connectivity index (χ1v) is 27.7. The Hall–Kier alpha value is -5.78. The number of carbonyl (C=O) groups is 4. The molecule has 3 atom stereocenters. The highest BCUT2D eigenvalue weighted by Crippen LogP contribution is 2.28. The maximum Gasteiger partial charge on any atom is 0.404 e. The Bertz CT molecular complexity index is 2580. The first-order valence-electron chi connectivity index (χ1n) is 23.9. The third kappa shape index (κ3) is 18.7. The number of amides is 4. The molecule has 2 aromatic carbocycles. The zero-order valence-electron chi connectivity index (χ0n) is 41.7. The van der Waals surface area contributed by atoms with Crippen molar-refractivity contribution in [2.75, 3.05) is 71.6 Å². The summed E-state index contributed by atoms with van der Waals surface area (Å²) in [6.45, 7) is 7.54. The van der Waals surface area contributed by atoms with Crippen LogP contribution in [0.1, 0.15) is 107 Å². The number of primary amides is 2. The lowest BCUT2D eigenvalue weighted by molar-refractivity contribution is -0.201. The third-order valence-corrected chi connectivity index (χ3v) is 16.9. The summed E-state index contributed by atoms with van der Waals surface area (Å²) in [6.07, 6.45) is 11.1. The Morgan fingerprint density at radius 2 is 1.17 bits per heavy atom. The van der Waals surface area contributed by atoms with E-state index in [1.54, 1.807) is 0 Å². The maximum absolute atomic E-state index is 12.9. The van der Waals surface area contributed by atoms with Gasteiger partial charge in [0.15, 0.2) is 35.5 Å². The van der Waals surface area contributed by atoms with Gasteiger partial charge in [0.25, 0.3) is 11.8 Å². The van der Waals surface area contributed by atoms with Crippen molar-refractivity contribution in [1.82, 2.24) is 20.8 Å². The van der Waals surface area contributed by atoms with Gasteiger partial charge < -0.3 is 25.7 Å². The van der Waals surface area contributed by atoms with Crippen LogP contribution in [0.3, 0.4) is 0 Å². The fraction of sp³-hybridized carbons (Fsp3) is 0.529. The van der Waals surface area contributed by atoms with Crippen LogP contribution in [0.2, 0.25) is 0 Å². The Kier molecular flexibility index (Phi) is 23.2. The number of nitrogens with one attached hydrogen (secondary N) is 2. The van der Waals surface area contributed by atoms with Crippen molar-refractivity contribution < 1.29 is 60.3 Å². The van der Waals surface area contributed by atoms with Crippen molar-refractivity contribution in [3.63, 3.8) is 0 Å². The largest absolute Gasteiger partial charge is 0.450 e. The molecule has 3 aliphatic heterocycles. The lowest BCUT2D eigenvalue weighted by Gasteiger charge is -2.32. The molecule has 3 aliphatic rings. The number of hydrogen-bond donors (Lipinski definition) is 5. The van der Waals surface area contributed by atoms with E-state index in [4.69, 9.17) is 26.2 Å². The molecule has 0 aromatic heterocycles. The molecular formula is C51H70N6O13S2. The summed E-state index contributed by atoms with van der Waals surface area (Å²) in [5.41, 5.74) is 20.1. The zero-order chi connectivity index (χ0) is 52.8. The maximum atomic E-state index is 12.9. The number of ether oxygens (including phenoxy) is 3. The van der Waals surface area contributed by atoms with Crippen molar-refractivity contribution in [1.29, 1.82) is 0 Å². The van der Waals surface area contributed by atoms with Crippen LogP contribution in [0.4, 0.5) is 9.59 Å². The fourth-order valence-electron chi connectivity index (χ4n) is 7.71. The Labute approximate surface area is 424 Å². The number of benzene rings is 2. The van der Waals surface area contributed by atoms with Crippen LogP contribution in [0.5, 0.6) is 0 Å². The van der Waals surface area contributed by atoms with E-state index < -0.39 is 59.5 Å². The number of unbranched alkanes of at least 4 members (excludes halogenated alkanes) is 2. The SMILES string of the molecule is CC(CCN1CC=C(c2ccc(C#CCCCOC(N)=O)cc2)CC1)(C(=O)NO)S(C)(=O)=O.CC(CCN1CC=C(c2ccc(C#CCCCOC(N)=O)cc2)CC1)(C(=O)NOC1CCCCO1)S(C)(=O)=O. The molecule has 3 heterocycles. The first-order chi connectivity index (χ1) is 34.1. The molecule has 21 heteroatoms. The number of carbonyl (C=O) groups excluding carboxylic acids is 4. The number of nitrogens with two attached hydrogens (primary N) is 2. The van der Waals surface area contributed by atoms with Crippen LogP contribution in [0.15, 0.2) is 60.7 Å². The molecule has 4 amide bonds. The van der Waals surface area contributed by atoms with E-state index in [0.717, 1.165) is 73.5 Å².